The molecule has 1 amide bonds. The van der Waals surface area contributed by atoms with Gasteiger partial charge in [0.25, 0.3) is 5.91 Å². The Kier molecular flexibility index (Phi) is 7.29. The molecule has 1 aliphatic carbocycles. The molecule has 11 heteroatoms. The minimum atomic E-state index is -3.77. The van der Waals surface area contributed by atoms with Gasteiger partial charge >= 0.3 is 5.97 Å². The van der Waals surface area contributed by atoms with Gasteiger partial charge in [0, 0.05) is 31.9 Å². The second kappa shape index (κ2) is 10.2. The number of morpholine rings is 2. The molecule has 0 atom stereocenters. The first-order chi connectivity index (χ1) is 15.4. The van der Waals surface area contributed by atoms with Crippen molar-refractivity contribution in [2.75, 3.05) is 70.7 Å². The zero-order valence-electron chi connectivity index (χ0n) is 18.0. The highest BCUT2D eigenvalue weighted by molar-refractivity contribution is 7.89. The summed E-state index contributed by atoms with van der Waals surface area (Å²) in [5.41, 5.74) is 0.814. The first-order valence-electron chi connectivity index (χ1n) is 10.9. The lowest BCUT2D eigenvalue weighted by Crippen LogP contribution is -2.41. The number of rotatable bonds is 8. The third-order valence-corrected chi connectivity index (χ3v) is 7.64. The van der Waals surface area contributed by atoms with Crippen LogP contribution in [0.25, 0.3) is 0 Å². The van der Waals surface area contributed by atoms with Crippen LogP contribution in [0, 0.1) is 5.92 Å². The Morgan fingerprint density at radius 3 is 2.34 bits per heavy atom. The van der Waals surface area contributed by atoms with Crippen molar-refractivity contribution in [1.82, 2.24) is 9.62 Å². The number of carbonyl (C=O) groups excluding carboxylic acids is 2. The zero-order chi connectivity index (χ0) is 22.6. The van der Waals surface area contributed by atoms with Crippen molar-refractivity contribution in [1.29, 1.82) is 0 Å². The predicted molar refractivity (Wildman–Crippen MR) is 115 cm³/mol. The molecule has 0 bridgehead atoms. The van der Waals surface area contributed by atoms with Crippen molar-refractivity contribution in [3.63, 3.8) is 0 Å². The van der Waals surface area contributed by atoms with Gasteiger partial charge in [-0.25, -0.2) is 8.42 Å². The predicted octanol–water partition coefficient (Wildman–Crippen LogP) is 0.227. The Balaban J connectivity index is 1.54. The second-order valence-electron chi connectivity index (χ2n) is 8.10. The van der Waals surface area contributed by atoms with Crippen LogP contribution in [-0.4, -0.2) is 90.4 Å². The smallest absolute Gasteiger partial charge is 0.325 e. The van der Waals surface area contributed by atoms with E-state index in [0.29, 0.717) is 57.7 Å². The molecule has 0 radical (unpaired) electrons. The Morgan fingerprint density at radius 1 is 1.03 bits per heavy atom. The Hall–Kier alpha value is -2.21. The third kappa shape index (κ3) is 5.58. The fourth-order valence-corrected chi connectivity index (χ4v) is 5.10. The van der Waals surface area contributed by atoms with Crippen LogP contribution in [0.5, 0.6) is 0 Å². The second-order valence-corrected chi connectivity index (χ2v) is 10.0. The van der Waals surface area contributed by atoms with E-state index >= 15 is 0 Å². The van der Waals surface area contributed by atoms with Crippen LogP contribution in [0.1, 0.15) is 23.2 Å². The number of hydrogen-bond donors (Lipinski definition) is 1. The van der Waals surface area contributed by atoms with E-state index in [2.05, 4.69) is 5.32 Å². The minimum absolute atomic E-state index is 0.0397. The van der Waals surface area contributed by atoms with Crippen LogP contribution in [0.4, 0.5) is 5.69 Å². The maximum Gasteiger partial charge on any atom is 0.325 e. The summed E-state index contributed by atoms with van der Waals surface area (Å²) in [5, 5.41) is 2.58. The van der Waals surface area contributed by atoms with E-state index in [4.69, 9.17) is 14.2 Å². The van der Waals surface area contributed by atoms with E-state index in [1.807, 2.05) is 4.90 Å². The Labute approximate surface area is 187 Å². The van der Waals surface area contributed by atoms with Gasteiger partial charge in [-0.2, -0.15) is 4.31 Å². The van der Waals surface area contributed by atoms with Gasteiger partial charge in [-0.05, 0) is 37.0 Å². The number of ether oxygens (including phenoxy) is 3. The zero-order valence-corrected chi connectivity index (χ0v) is 18.8. The number of sulfonamides is 1. The van der Waals surface area contributed by atoms with Gasteiger partial charge in [0.05, 0.1) is 43.5 Å². The van der Waals surface area contributed by atoms with Crippen LogP contribution < -0.4 is 10.2 Å². The average molecular weight is 468 g/mol. The monoisotopic (exact) mass is 467 g/mol. The summed E-state index contributed by atoms with van der Waals surface area (Å²) in [4.78, 5) is 27.0. The van der Waals surface area contributed by atoms with Crippen LogP contribution in [0.2, 0.25) is 0 Å². The molecular formula is C21H29N3O7S. The lowest BCUT2D eigenvalue weighted by atomic mass is 10.1. The summed E-state index contributed by atoms with van der Waals surface area (Å²) in [5.74, 6) is -0.589. The first-order valence-corrected chi connectivity index (χ1v) is 12.4. The summed E-state index contributed by atoms with van der Waals surface area (Å²) in [6.07, 6.45) is 2.12. The SMILES string of the molecule is O=C(CNC(=O)c1cc(S(=O)(=O)N2CCOCC2)ccc1N1CCOCC1)OCC1CC1. The lowest BCUT2D eigenvalue weighted by molar-refractivity contribution is -0.142. The van der Waals surface area contributed by atoms with Gasteiger partial charge in [0.2, 0.25) is 10.0 Å². The number of hydrogen-bond acceptors (Lipinski definition) is 8. The number of benzene rings is 1. The molecule has 3 fully saturated rings. The highest BCUT2D eigenvalue weighted by Crippen LogP contribution is 2.29. The van der Waals surface area contributed by atoms with Gasteiger partial charge in [-0.1, -0.05) is 0 Å². The molecule has 0 unspecified atom stereocenters. The van der Waals surface area contributed by atoms with Crippen molar-refractivity contribution >= 4 is 27.6 Å². The normalized spacial score (nSPS) is 20.1. The number of carbonyl (C=O) groups is 2. The topological polar surface area (TPSA) is 114 Å². The molecule has 2 aliphatic heterocycles. The molecule has 4 rings (SSSR count). The summed E-state index contributed by atoms with van der Waals surface area (Å²) in [7, 11) is -3.77. The van der Waals surface area contributed by atoms with E-state index in [9.17, 15) is 18.0 Å². The van der Waals surface area contributed by atoms with Gasteiger partial charge < -0.3 is 24.4 Å². The lowest BCUT2D eigenvalue weighted by Gasteiger charge is -2.31. The van der Waals surface area contributed by atoms with Crippen LogP contribution in [0.3, 0.4) is 0 Å². The molecule has 1 saturated carbocycles. The maximum atomic E-state index is 13.1. The van der Waals surface area contributed by atoms with Gasteiger partial charge in [0.15, 0.2) is 0 Å². The Bertz CT molecular complexity index is 937. The van der Waals surface area contributed by atoms with Gasteiger partial charge in [0.1, 0.15) is 6.54 Å². The minimum Gasteiger partial charge on any atom is -0.464 e. The molecule has 176 valence electrons. The molecular weight excluding hydrogens is 438 g/mol. The van der Waals surface area contributed by atoms with E-state index in [1.165, 1.54) is 16.4 Å². The molecule has 2 saturated heterocycles. The quantitative estimate of drug-likeness (QED) is 0.541. The average Bonchev–Trinajstić information content (AvgIpc) is 3.66. The molecule has 0 aromatic heterocycles. The van der Waals surface area contributed by atoms with Crippen LogP contribution in [-0.2, 0) is 29.0 Å². The largest absolute Gasteiger partial charge is 0.464 e. The number of amides is 1. The van der Waals surface area contributed by atoms with Crippen molar-refractivity contribution in [2.24, 2.45) is 5.92 Å². The maximum absolute atomic E-state index is 13.1. The molecule has 2 heterocycles. The van der Waals surface area contributed by atoms with Crippen molar-refractivity contribution in [2.45, 2.75) is 17.7 Å². The molecule has 32 heavy (non-hydrogen) atoms. The molecule has 1 aromatic rings. The number of nitrogens with one attached hydrogen (secondary N) is 1. The third-order valence-electron chi connectivity index (χ3n) is 5.74. The number of esters is 1. The van der Waals surface area contributed by atoms with Crippen LogP contribution >= 0.6 is 0 Å². The van der Waals surface area contributed by atoms with Gasteiger partial charge in [-0.3, -0.25) is 9.59 Å². The molecule has 3 aliphatic rings. The summed E-state index contributed by atoms with van der Waals surface area (Å²) < 4.78 is 43.4. The van der Waals surface area contributed by atoms with Crippen LogP contribution in [0.15, 0.2) is 23.1 Å². The molecule has 1 N–H and O–H groups in total. The summed E-state index contributed by atoms with van der Waals surface area (Å²) in [6, 6.07) is 4.57. The van der Waals surface area contributed by atoms with Crippen molar-refractivity contribution in [3.8, 4) is 0 Å². The number of nitrogens with zero attached hydrogens (tertiary/aromatic N) is 2. The molecule has 0 spiro atoms. The van der Waals surface area contributed by atoms with E-state index < -0.39 is 21.9 Å². The standard InChI is InChI=1S/C21H29N3O7S/c25-20(31-15-16-1-2-16)14-22-21(26)18-13-17(32(27,28)24-7-11-30-12-8-24)3-4-19(18)23-5-9-29-10-6-23/h3-4,13,16H,1-2,5-12,14-15H2,(H,22,26). The molecule has 1 aromatic carbocycles. The van der Waals surface area contributed by atoms with Crippen molar-refractivity contribution < 1.29 is 32.2 Å². The van der Waals surface area contributed by atoms with E-state index in [-0.39, 0.29) is 30.1 Å². The highest BCUT2D eigenvalue weighted by atomic mass is 32.2. The number of anilines is 1. The first kappa shape index (κ1) is 23.0. The summed E-state index contributed by atoms with van der Waals surface area (Å²) >= 11 is 0. The Morgan fingerprint density at radius 2 is 1.69 bits per heavy atom. The van der Waals surface area contributed by atoms with E-state index in [0.717, 1.165) is 12.8 Å². The van der Waals surface area contributed by atoms with E-state index in [1.54, 1.807) is 6.07 Å². The van der Waals surface area contributed by atoms with Crippen molar-refractivity contribution in [3.05, 3.63) is 23.8 Å². The van der Waals surface area contributed by atoms with Gasteiger partial charge in [-0.15, -0.1) is 0 Å². The highest BCUT2D eigenvalue weighted by Gasteiger charge is 2.29. The fraction of sp³-hybridized carbons (Fsp3) is 0.619. The fourth-order valence-electron chi connectivity index (χ4n) is 3.67. The molecule has 10 nitrogen and oxygen atoms in total. The summed E-state index contributed by atoms with van der Waals surface area (Å²) in [6.45, 7) is 3.51.